The second kappa shape index (κ2) is 7.93. The Morgan fingerprint density at radius 3 is 2.77 bits per heavy atom. The largest absolute Gasteiger partial charge is 0.369 e. The highest BCUT2D eigenvalue weighted by atomic mass is 35.5. The number of benzene rings is 1. The fourth-order valence-electron chi connectivity index (χ4n) is 2.85. The predicted molar refractivity (Wildman–Crippen MR) is 110 cm³/mol. The molecule has 1 amide bonds. The van der Waals surface area contributed by atoms with Crippen molar-refractivity contribution < 1.29 is 4.79 Å². The molecule has 26 heavy (non-hydrogen) atoms. The summed E-state index contributed by atoms with van der Waals surface area (Å²) in [6, 6.07) is 8.29. The molecule has 7 heteroatoms. The average Bonchev–Trinajstić information content (AvgIpc) is 3.15. The molecule has 0 unspecified atom stereocenters. The Balaban J connectivity index is 1.68. The van der Waals surface area contributed by atoms with Gasteiger partial charge >= 0.3 is 0 Å². The third-order valence-corrected chi connectivity index (χ3v) is 5.11. The lowest BCUT2D eigenvalue weighted by atomic mass is 10.2. The standard InChI is InChI=1S/C19H21ClN4OS/c1-4-23(13(2)3)15-7-5-14(6-8-15)21-17(25)10-9-16-18(20)22-19-24(16)11-12-26-19/h5-13H,4H2,1-3H3,(H,21,25)/b10-9+. The van der Waals surface area contributed by atoms with Crippen molar-refractivity contribution in [1.82, 2.24) is 9.38 Å². The Morgan fingerprint density at radius 1 is 1.38 bits per heavy atom. The maximum Gasteiger partial charge on any atom is 0.248 e. The molecule has 0 bridgehead atoms. The minimum absolute atomic E-state index is 0.213. The van der Waals surface area contributed by atoms with E-state index < -0.39 is 0 Å². The smallest absolute Gasteiger partial charge is 0.248 e. The van der Waals surface area contributed by atoms with E-state index in [4.69, 9.17) is 11.6 Å². The molecule has 136 valence electrons. The maximum atomic E-state index is 12.2. The summed E-state index contributed by atoms with van der Waals surface area (Å²) in [4.78, 5) is 19.5. The van der Waals surface area contributed by atoms with Gasteiger partial charge < -0.3 is 10.2 Å². The molecule has 0 saturated carbocycles. The van der Waals surface area contributed by atoms with E-state index in [2.05, 4.69) is 36.0 Å². The number of carbonyl (C=O) groups is 1. The normalized spacial score (nSPS) is 11.6. The van der Waals surface area contributed by atoms with Crippen molar-refractivity contribution in [2.75, 3.05) is 16.8 Å². The number of amides is 1. The summed E-state index contributed by atoms with van der Waals surface area (Å²) in [5, 5.41) is 5.18. The Morgan fingerprint density at radius 2 is 2.12 bits per heavy atom. The fraction of sp³-hybridized carbons (Fsp3) is 0.263. The SMILES string of the molecule is CCN(c1ccc(NC(=O)/C=C/c2c(Cl)nc3sccn23)cc1)C(C)C. The molecule has 1 N–H and O–H groups in total. The van der Waals surface area contributed by atoms with Crippen molar-refractivity contribution in [2.24, 2.45) is 0 Å². The second-order valence-electron chi connectivity index (χ2n) is 6.09. The van der Waals surface area contributed by atoms with Gasteiger partial charge in [-0.15, -0.1) is 11.3 Å². The number of fused-ring (bicyclic) bond motifs is 1. The topological polar surface area (TPSA) is 49.6 Å². The number of carbonyl (C=O) groups excluding carboxylic acids is 1. The van der Waals surface area contributed by atoms with Gasteiger partial charge in [0.1, 0.15) is 0 Å². The van der Waals surface area contributed by atoms with Crippen LogP contribution >= 0.6 is 22.9 Å². The zero-order valence-corrected chi connectivity index (χ0v) is 16.5. The molecule has 0 spiro atoms. The van der Waals surface area contributed by atoms with E-state index >= 15 is 0 Å². The molecule has 1 aromatic carbocycles. The number of nitrogens with one attached hydrogen (secondary N) is 1. The molecule has 0 radical (unpaired) electrons. The molecule has 0 aliphatic heterocycles. The first-order valence-electron chi connectivity index (χ1n) is 8.46. The fourth-order valence-corrected chi connectivity index (χ4v) is 3.85. The van der Waals surface area contributed by atoms with Gasteiger partial charge in [0.25, 0.3) is 0 Å². The molecule has 3 rings (SSSR count). The van der Waals surface area contributed by atoms with E-state index in [1.54, 1.807) is 6.08 Å². The van der Waals surface area contributed by atoms with Crippen LogP contribution in [0, 0.1) is 0 Å². The highest BCUT2D eigenvalue weighted by Crippen LogP contribution is 2.23. The quantitative estimate of drug-likeness (QED) is 0.608. The van der Waals surface area contributed by atoms with Crippen LogP contribution in [0.3, 0.4) is 0 Å². The molecule has 0 fully saturated rings. The van der Waals surface area contributed by atoms with Crippen molar-refractivity contribution in [3.05, 3.63) is 52.8 Å². The van der Waals surface area contributed by atoms with Gasteiger partial charge in [0, 0.05) is 41.6 Å². The summed E-state index contributed by atoms with van der Waals surface area (Å²) in [6.07, 6.45) is 5.02. The number of thiazole rings is 1. The third kappa shape index (κ3) is 3.92. The number of hydrogen-bond acceptors (Lipinski definition) is 4. The van der Waals surface area contributed by atoms with E-state index in [1.807, 2.05) is 40.2 Å². The van der Waals surface area contributed by atoms with Gasteiger partial charge in [-0.2, -0.15) is 0 Å². The Labute approximate surface area is 161 Å². The molecule has 0 aliphatic rings. The molecule has 3 aromatic rings. The predicted octanol–water partition coefficient (Wildman–Crippen LogP) is 4.94. The third-order valence-electron chi connectivity index (χ3n) is 4.08. The number of aromatic nitrogens is 2. The van der Waals surface area contributed by atoms with Crippen LogP contribution in [0.4, 0.5) is 11.4 Å². The molecule has 2 aromatic heterocycles. The summed E-state index contributed by atoms with van der Waals surface area (Å²) in [7, 11) is 0. The van der Waals surface area contributed by atoms with Crippen LogP contribution < -0.4 is 10.2 Å². The van der Waals surface area contributed by atoms with Crippen LogP contribution in [-0.4, -0.2) is 27.9 Å². The monoisotopic (exact) mass is 388 g/mol. The second-order valence-corrected chi connectivity index (χ2v) is 7.32. The van der Waals surface area contributed by atoms with Gasteiger partial charge in [0.2, 0.25) is 5.91 Å². The first kappa shape index (κ1) is 18.5. The zero-order valence-electron chi connectivity index (χ0n) is 14.9. The minimum Gasteiger partial charge on any atom is -0.369 e. The van der Waals surface area contributed by atoms with Crippen LogP contribution in [0.25, 0.3) is 11.0 Å². The number of nitrogens with zero attached hydrogens (tertiary/aromatic N) is 3. The van der Waals surface area contributed by atoms with Crippen LogP contribution in [-0.2, 0) is 4.79 Å². The first-order valence-corrected chi connectivity index (χ1v) is 9.72. The zero-order chi connectivity index (χ0) is 18.7. The average molecular weight is 389 g/mol. The molecular formula is C19H21ClN4OS. The van der Waals surface area contributed by atoms with Crippen molar-refractivity contribution >= 4 is 51.3 Å². The van der Waals surface area contributed by atoms with Crippen molar-refractivity contribution in [2.45, 2.75) is 26.8 Å². The highest BCUT2D eigenvalue weighted by Gasteiger charge is 2.10. The van der Waals surface area contributed by atoms with E-state index in [0.717, 1.165) is 22.9 Å². The van der Waals surface area contributed by atoms with E-state index in [1.165, 1.54) is 17.4 Å². The van der Waals surface area contributed by atoms with Gasteiger partial charge in [0.05, 0.1) is 5.69 Å². The van der Waals surface area contributed by atoms with Gasteiger partial charge in [-0.25, -0.2) is 4.98 Å². The number of imidazole rings is 1. The van der Waals surface area contributed by atoms with E-state index in [-0.39, 0.29) is 5.91 Å². The molecule has 5 nitrogen and oxygen atoms in total. The van der Waals surface area contributed by atoms with Gasteiger partial charge in [0.15, 0.2) is 10.1 Å². The van der Waals surface area contributed by atoms with Crippen LogP contribution in [0.1, 0.15) is 26.5 Å². The van der Waals surface area contributed by atoms with Crippen molar-refractivity contribution in [3.63, 3.8) is 0 Å². The first-order chi connectivity index (χ1) is 12.5. The highest BCUT2D eigenvalue weighted by molar-refractivity contribution is 7.15. The number of hydrogen-bond donors (Lipinski definition) is 1. The van der Waals surface area contributed by atoms with Crippen LogP contribution in [0.15, 0.2) is 41.9 Å². The van der Waals surface area contributed by atoms with E-state index in [9.17, 15) is 4.79 Å². The summed E-state index contributed by atoms with van der Waals surface area (Å²) >= 11 is 7.62. The van der Waals surface area contributed by atoms with E-state index in [0.29, 0.717) is 16.9 Å². The Kier molecular flexibility index (Phi) is 5.64. The van der Waals surface area contributed by atoms with Crippen molar-refractivity contribution in [1.29, 1.82) is 0 Å². The number of halogens is 1. The van der Waals surface area contributed by atoms with Gasteiger partial charge in [-0.3, -0.25) is 9.20 Å². The molecule has 0 saturated heterocycles. The maximum absolute atomic E-state index is 12.2. The van der Waals surface area contributed by atoms with Crippen LogP contribution in [0.2, 0.25) is 5.15 Å². The molecule has 0 atom stereocenters. The lowest BCUT2D eigenvalue weighted by molar-refractivity contribution is -0.111. The van der Waals surface area contributed by atoms with Crippen LogP contribution in [0.5, 0.6) is 0 Å². The Hall–Kier alpha value is -2.31. The number of rotatable bonds is 6. The lowest BCUT2D eigenvalue weighted by Crippen LogP contribution is -2.30. The molecule has 0 aliphatic carbocycles. The summed E-state index contributed by atoms with van der Waals surface area (Å²) < 4.78 is 1.86. The van der Waals surface area contributed by atoms with Gasteiger partial charge in [-0.05, 0) is 51.1 Å². The summed E-state index contributed by atoms with van der Waals surface area (Å²) in [5.74, 6) is -0.213. The summed E-state index contributed by atoms with van der Waals surface area (Å²) in [5.41, 5.74) is 2.59. The lowest BCUT2D eigenvalue weighted by Gasteiger charge is -2.27. The van der Waals surface area contributed by atoms with Crippen molar-refractivity contribution in [3.8, 4) is 0 Å². The summed E-state index contributed by atoms with van der Waals surface area (Å²) in [6.45, 7) is 7.40. The number of anilines is 2. The van der Waals surface area contributed by atoms with Gasteiger partial charge in [-0.1, -0.05) is 11.6 Å². The molecule has 2 heterocycles. The minimum atomic E-state index is -0.213. The molecular weight excluding hydrogens is 368 g/mol. The Bertz CT molecular complexity index is 927.